The molecule has 6 rings (SSSR count). The number of hydrogen-bond donors (Lipinski definition) is 2. The molecule has 0 saturated carbocycles. The number of aliphatic hydroxyl groups excluding tert-OH is 1. The fourth-order valence-electron chi connectivity index (χ4n) is 6.10. The number of aromatic nitrogens is 3. The summed E-state index contributed by atoms with van der Waals surface area (Å²) < 4.78 is 5.46. The van der Waals surface area contributed by atoms with Crippen LogP contribution < -0.4 is 4.74 Å². The van der Waals surface area contributed by atoms with E-state index in [4.69, 9.17) is 4.74 Å². The molecule has 4 aromatic rings. The molecule has 1 spiro atoms. The smallest absolute Gasteiger partial charge is 0.254 e. The Morgan fingerprint density at radius 1 is 1.00 bits per heavy atom. The number of amides is 2. The van der Waals surface area contributed by atoms with Gasteiger partial charge in [0.2, 0.25) is 0 Å². The molecule has 5 heterocycles. The highest BCUT2D eigenvalue weighted by Gasteiger charge is 2.49. The Morgan fingerprint density at radius 2 is 1.63 bits per heavy atom. The minimum Gasteiger partial charge on any atom is -0.497 e. The molecule has 9 nitrogen and oxygen atoms in total. The van der Waals surface area contributed by atoms with Gasteiger partial charge in [-0.2, -0.15) is 0 Å². The average Bonchev–Trinajstić information content (AvgIpc) is 3.37. The van der Waals surface area contributed by atoms with Crippen LogP contribution in [0, 0.1) is 0 Å². The number of carbonyl (C=O) groups is 2. The van der Waals surface area contributed by atoms with Crippen molar-refractivity contribution in [3.8, 4) is 5.75 Å². The summed E-state index contributed by atoms with van der Waals surface area (Å²) in [7, 11) is 1.63. The van der Waals surface area contributed by atoms with E-state index in [1.165, 1.54) is 0 Å². The number of ether oxygens (including phenoxy) is 1. The van der Waals surface area contributed by atoms with Gasteiger partial charge in [0.15, 0.2) is 0 Å². The Bertz CT molecular complexity index is 1480. The summed E-state index contributed by atoms with van der Waals surface area (Å²) in [5.74, 6) is 0.566. The van der Waals surface area contributed by atoms with E-state index in [1.54, 1.807) is 61.1 Å². The van der Waals surface area contributed by atoms with Crippen LogP contribution in [-0.2, 0) is 5.41 Å². The molecular formula is C29H29N5O4. The van der Waals surface area contributed by atoms with Crippen molar-refractivity contribution in [3.63, 3.8) is 0 Å². The Hall–Kier alpha value is -4.24. The summed E-state index contributed by atoms with van der Waals surface area (Å²) in [5, 5.41) is 11.6. The molecule has 1 saturated heterocycles. The van der Waals surface area contributed by atoms with Gasteiger partial charge in [0, 0.05) is 83.6 Å². The second-order valence-corrected chi connectivity index (χ2v) is 10.0. The number of hydrogen-bond acceptors (Lipinski definition) is 6. The lowest BCUT2D eigenvalue weighted by Gasteiger charge is -2.50. The first kappa shape index (κ1) is 24.1. The molecule has 2 N–H and O–H groups in total. The lowest BCUT2D eigenvalue weighted by molar-refractivity contribution is 0.0325. The highest BCUT2D eigenvalue weighted by molar-refractivity contribution is 5.96. The number of nitrogens with one attached hydrogen (secondary N) is 1. The Balaban J connectivity index is 1.42. The molecule has 2 aliphatic heterocycles. The molecule has 3 aromatic heterocycles. The van der Waals surface area contributed by atoms with Gasteiger partial charge in [0.05, 0.1) is 19.8 Å². The largest absolute Gasteiger partial charge is 0.497 e. The molecule has 194 valence electrons. The van der Waals surface area contributed by atoms with E-state index in [0.29, 0.717) is 43.6 Å². The van der Waals surface area contributed by atoms with Crippen LogP contribution in [0.2, 0.25) is 0 Å². The third kappa shape index (κ3) is 3.90. The minimum atomic E-state index is -0.522. The number of methoxy groups -OCH3 is 1. The normalized spacial score (nSPS) is 18.4. The van der Waals surface area contributed by atoms with E-state index in [9.17, 15) is 14.7 Å². The summed E-state index contributed by atoms with van der Waals surface area (Å²) in [6, 6.07) is 12.3. The topological polar surface area (TPSA) is 112 Å². The summed E-state index contributed by atoms with van der Waals surface area (Å²) in [6.45, 7) is 1.36. The molecule has 2 aliphatic rings. The molecule has 0 unspecified atom stereocenters. The Morgan fingerprint density at radius 3 is 2.24 bits per heavy atom. The van der Waals surface area contributed by atoms with Crippen molar-refractivity contribution in [1.82, 2.24) is 24.8 Å². The maximum absolute atomic E-state index is 13.8. The van der Waals surface area contributed by atoms with Crippen molar-refractivity contribution < 1.29 is 19.4 Å². The predicted molar refractivity (Wildman–Crippen MR) is 141 cm³/mol. The van der Waals surface area contributed by atoms with Crippen molar-refractivity contribution >= 4 is 22.7 Å². The minimum absolute atomic E-state index is 0.0140. The van der Waals surface area contributed by atoms with Gasteiger partial charge in [-0.25, -0.2) is 0 Å². The van der Waals surface area contributed by atoms with Gasteiger partial charge < -0.3 is 24.6 Å². The van der Waals surface area contributed by atoms with E-state index < -0.39 is 6.04 Å². The molecule has 1 fully saturated rings. The molecular weight excluding hydrogens is 482 g/mol. The monoisotopic (exact) mass is 511 g/mol. The average molecular weight is 512 g/mol. The van der Waals surface area contributed by atoms with Crippen LogP contribution >= 0.6 is 0 Å². The third-order valence-corrected chi connectivity index (χ3v) is 8.04. The van der Waals surface area contributed by atoms with Crippen molar-refractivity contribution in [2.45, 2.75) is 24.3 Å². The molecule has 0 bridgehead atoms. The van der Waals surface area contributed by atoms with Crippen LogP contribution in [0.25, 0.3) is 10.9 Å². The van der Waals surface area contributed by atoms with Crippen LogP contribution in [0.5, 0.6) is 5.75 Å². The van der Waals surface area contributed by atoms with Crippen LogP contribution in [0.4, 0.5) is 0 Å². The highest BCUT2D eigenvalue weighted by atomic mass is 16.5. The summed E-state index contributed by atoms with van der Waals surface area (Å²) in [4.78, 5) is 42.2. The van der Waals surface area contributed by atoms with Gasteiger partial charge in [-0.15, -0.1) is 0 Å². The van der Waals surface area contributed by atoms with Gasteiger partial charge in [0.25, 0.3) is 11.8 Å². The molecule has 1 aromatic carbocycles. The van der Waals surface area contributed by atoms with Crippen LogP contribution in [0.3, 0.4) is 0 Å². The van der Waals surface area contributed by atoms with E-state index >= 15 is 0 Å². The van der Waals surface area contributed by atoms with Gasteiger partial charge in [-0.3, -0.25) is 19.6 Å². The molecule has 38 heavy (non-hydrogen) atoms. The molecule has 0 aliphatic carbocycles. The number of aliphatic hydroxyl groups is 1. The van der Waals surface area contributed by atoms with Crippen LogP contribution in [0.1, 0.15) is 50.9 Å². The SMILES string of the molecule is COc1ccc2c3c([nH]c2c1)[C@@H](CO)N(C(=O)c1ccncc1)CC31CCN(C(=O)c2ccncc2)CC1. The summed E-state index contributed by atoms with van der Waals surface area (Å²) >= 11 is 0. The van der Waals surface area contributed by atoms with Crippen LogP contribution in [0.15, 0.2) is 67.3 Å². The fraction of sp³-hybridized carbons (Fsp3) is 0.310. The van der Waals surface area contributed by atoms with E-state index in [1.807, 2.05) is 17.0 Å². The maximum Gasteiger partial charge on any atom is 0.254 e. The fourth-order valence-corrected chi connectivity index (χ4v) is 6.10. The van der Waals surface area contributed by atoms with E-state index in [2.05, 4.69) is 21.0 Å². The zero-order valence-electron chi connectivity index (χ0n) is 21.1. The second kappa shape index (κ2) is 9.57. The zero-order valence-corrected chi connectivity index (χ0v) is 21.1. The number of H-pyrrole nitrogens is 1. The number of fused-ring (bicyclic) bond motifs is 4. The molecule has 1 atom stereocenters. The number of rotatable bonds is 4. The van der Waals surface area contributed by atoms with Gasteiger partial charge >= 0.3 is 0 Å². The van der Waals surface area contributed by atoms with Crippen LogP contribution in [-0.4, -0.2) is 75.0 Å². The Kier molecular flexibility index (Phi) is 6.07. The van der Waals surface area contributed by atoms with Crippen molar-refractivity contribution in [2.75, 3.05) is 33.4 Å². The second-order valence-electron chi connectivity index (χ2n) is 10.0. The van der Waals surface area contributed by atoms with Gasteiger partial charge in [0.1, 0.15) is 5.75 Å². The quantitative estimate of drug-likeness (QED) is 0.435. The number of nitrogens with zero attached hydrogens (tertiary/aromatic N) is 4. The number of benzene rings is 1. The Labute approximate surface area is 220 Å². The summed E-state index contributed by atoms with van der Waals surface area (Å²) in [5.41, 5.74) is 3.64. The first-order valence-corrected chi connectivity index (χ1v) is 12.8. The third-order valence-electron chi connectivity index (χ3n) is 8.04. The summed E-state index contributed by atoms with van der Waals surface area (Å²) in [6.07, 6.45) is 7.84. The van der Waals surface area contributed by atoms with Gasteiger partial charge in [-0.1, -0.05) is 0 Å². The number of likely N-dealkylation sites (tertiary alicyclic amines) is 1. The number of aromatic amines is 1. The lowest BCUT2D eigenvalue weighted by atomic mass is 9.68. The maximum atomic E-state index is 13.8. The highest BCUT2D eigenvalue weighted by Crippen LogP contribution is 2.49. The standard InChI is InChI=1S/C29H29N5O4/c1-38-21-2-3-22-23(16-21)32-26-24(17-35)34(28(37)20-6-12-31-13-7-20)18-29(25(22)26)8-14-33(15-9-29)27(36)19-4-10-30-11-5-19/h2-7,10-13,16,24,32,35H,8-9,14-15,17-18H2,1H3/t24-/m1/s1. The van der Waals surface area contributed by atoms with E-state index in [-0.39, 0.29) is 23.8 Å². The van der Waals surface area contributed by atoms with Crippen molar-refractivity contribution in [1.29, 1.82) is 0 Å². The zero-order chi connectivity index (χ0) is 26.3. The first-order chi connectivity index (χ1) is 18.5. The number of pyridine rings is 2. The molecule has 9 heteroatoms. The van der Waals surface area contributed by atoms with Crippen molar-refractivity contribution in [2.24, 2.45) is 0 Å². The molecule has 0 radical (unpaired) electrons. The molecule has 2 amide bonds. The number of carbonyl (C=O) groups excluding carboxylic acids is 2. The lowest BCUT2D eigenvalue weighted by Crippen LogP contribution is -2.55. The van der Waals surface area contributed by atoms with Crippen molar-refractivity contribution in [3.05, 3.63) is 89.6 Å². The van der Waals surface area contributed by atoms with Gasteiger partial charge in [-0.05, 0) is 54.8 Å². The van der Waals surface area contributed by atoms with E-state index in [0.717, 1.165) is 27.9 Å². The number of piperidine rings is 1. The predicted octanol–water partition coefficient (Wildman–Crippen LogP) is 3.33. The first-order valence-electron chi connectivity index (χ1n) is 12.8.